The summed E-state index contributed by atoms with van der Waals surface area (Å²) in [6, 6.07) is 10.6. The van der Waals surface area contributed by atoms with E-state index in [0.717, 1.165) is 51.4 Å². The largest absolute Gasteiger partial charge is 0.462 e. The van der Waals surface area contributed by atoms with Crippen LogP contribution in [0, 0.1) is 23.2 Å². The molecule has 0 unspecified atom stereocenters. The Kier molecular flexibility index (Phi) is 10.2. The highest BCUT2D eigenvalue weighted by atomic mass is 19.1. The number of unbranched alkanes of at least 4 members (excludes halogenated alkanes) is 2. The van der Waals surface area contributed by atoms with Crippen LogP contribution in [0.1, 0.15) is 94.6 Å². The molecule has 0 amide bonds. The molecule has 0 heterocycles. The Bertz CT molecular complexity index is 835. The quantitative estimate of drug-likeness (QED) is 0.167. The zero-order valence-electron chi connectivity index (χ0n) is 20.0. The normalized spacial score (nSPS) is 26.2. The van der Waals surface area contributed by atoms with E-state index < -0.39 is 5.83 Å². The van der Waals surface area contributed by atoms with Crippen LogP contribution in [0.15, 0.2) is 48.3 Å². The van der Waals surface area contributed by atoms with Crippen LogP contribution >= 0.6 is 0 Å². The second kappa shape index (κ2) is 13.3. The van der Waals surface area contributed by atoms with Crippen LogP contribution in [0.3, 0.4) is 0 Å². The molecule has 2 aliphatic rings. The first-order valence-electron chi connectivity index (χ1n) is 12.8. The van der Waals surface area contributed by atoms with Crippen molar-refractivity contribution in [1.29, 1.82) is 5.26 Å². The number of esters is 1. The van der Waals surface area contributed by atoms with Gasteiger partial charge in [-0.15, -0.1) is 0 Å². The van der Waals surface area contributed by atoms with Gasteiger partial charge in [0.1, 0.15) is 12.2 Å². The Hall–Kier alpha value is -2.41. The van der Waals surface area contributed by atoms with Crippen molar-refractivity contribution in [2.75, 3.05) is 0 Å². The molecule has 0 aliphatic heterocycles. The number of nitriles is 1. The lowest BCUT2D eigenvalue weighted by Gasteiger charge is -2.31. The molecule has 0 bridgehead atoms. The van der Waals surface area contributed by atoms with Gasteiger partial charge in [0, 0.05) is 0 Å². The van der Waals surface area contributed by atoms with Crippen molar-refractivity contribution in [2.45, 2.75) is 96.0 Å². The summed E-state index contributed by atoms with van der Waals surface area (Å²) in [5, 5.41) is 8.44. The van der Waals surface area contributed by atoms with E-state index in [1.54, 1.807) is 6.08 Å². The lowest BCUT2D eigenvalue weighted by Crippen LogP contribution is -2.29. The predicted octanol–water partition coefficient (Wildman–Crippen LogP) is 7.73. The number of allylic oxidation sites excluding steroid dienone is 4. The molecule has 2 aliphatic carbocycles. The van der Waals surface area contributed by atoms with Crippen LogP contribution in [-0.4, -0.2) is 12.1 Å². The summed E-state index contributed by atoms with van der Waals surface area (Å²) in [5.41, 5.74) is 2.84. The van der Waals surface area contributed by atoms with Crippen molar-refractivity contribution >= 4 is 5.97 Å². The van der Waals surface area contributed by atoms with Gasteiger partial charge < -0.3 is 4.74 Å². The van der Waals surface area contributed by atoms with Gasteiger partial charge in [-0.1, -0.05) is 56.2 Å². The molecule has 0 N–H and O–H groups in total. The molecule has 2 fully saturated rings. The fourth-order valence-electron chi connectivity index (χ4n) is 5.19. The molecule has 1 aromatic carbocycles. The Morgan fingerprint density at radius 3 is 2.39 bits per heavy atom. The Labute approximate surface area is 198 Å². The molecular weight excluding hydrogens is 413 g/mol. The van der Waals surface area contributed by atoms with E-state index in [1.165, 1.54) is 49.0 Å². The summed E-state index contributed by atoms with van der Waals surface area (Å²) in [7, 11) is 0. The smallest absolute Gasteiger partial charge is 0.309 e. The maximum atomic E-state index is 12.8. The third-order valence-electron chi connectivity index (χ3n) is 7.31. The third kappa shape index (κ3) is 8.14. The van der Waals surface area contributed by atoms with Crippen LogP contribution in [-0.2, 0) is 16.0 Å². The van der Waals surface area contributed by atoms with Crippen molar-refractivity contribution in [1.82, 2.24) is 0 Å². The Morgan fingerprint density at radius 1 is 1.06 bits per heavy atom. The number of carbonyl (C=O) groups excluding carboxylic acids is 1. The first-order valence-corrected chi connectivity index (χ1v) is 12.8. The van der Waals surface area contributed by atoms with Gasteiger partial charge in [0.25, 0.3) is 0 Å². The molecule has 4 heteroatoms. The Balaban J connectivity index is 1.37. The molecule has 0 atom stereocenters. The van der Waals surface area contributed by atoms with Gasteiger partial charge in [-0.05, 0) is 93.2 Å². The summed E-state index contributed by atoms with van der Waals surface area (Å²) in [5.74, 6) is 0.157. The van der Waals surface area contributed by atoms with Crippen LogP contribution in [0.2, 0.25) is 0 Å². The van der Waals surface area contributed by atoms with E-state index in [9.17, 15) is 9.18 Å². The summed E-state index contributed by atoms with van der Waals surface area (Å²) < 4.78 is 18.7. The van der Waals surface area contributed by atoms with Crippen molar-refractivity contribution in [3.63, 3.8) is 0 Å². The topological polar surface area (TPSA) is 50.1 Å². The number of halogens is 1. The fraction of sp³-hybridized carbons (Fsp3) is 0.586. The van der Waals surface area contributed by atoms with E-state index in [2.05, 4.69) is 31.2 Å². The van der Waals surface area contributed by atoms with Gasteiger partial charge in [-0.3, -0.25) is 4.79 Å². The maximum Gasteiger partial charge on any atom is 0.309 e. The number of carbonyl (C=O) groups is 1. The first kappa shape index (κ1) is 25.2. The van der Waals surface area contributed by atoms with Crippen LogP contribution < -0.4 is 0 Å². The third-order valence-corrected chi connectivity index (χ3v) is 7.31. The molecule has 3 rings (SSSR count). The molecule has 1 aromatic rings. The average Bonchev–Trinajstić information content (AvgIpc) is 2.85. The van der Waals surface area contributed by atoms with Gasteiger partial charge in [-0.2, -0.15) is 9.65 Å². The average molecular weight is 452 g/mol. The molecule has 3 nitrogen and oxygen atoms in total. The van der Waals surface area contributed by atoms with E-state index >= 15 is 0 Å². The highest BCUT2D eigenvalue weighted by Crippen LogP contribution is 2.37. The van der Waals surface area contributed by atoms with Gasteiger partial charge in [0.05, 0.1) is 5.92 Å². The zero-order valence-corrected chi connectivity index (χ0v) is 20.0. The molecule has 0 saturated heterocycles. The molecule has 2 saturated carbocycles. The van der Waals surface area contributed by atoms with E-state index in [-0.39, 0.29) is 18.0 Å². The minimum Gasteiger partial charge on any atom is -0.462 e. The second-order valence-electron chi connectivity index (χ2n) is 9.73. The van der Waals surface area contributed by atoms with Crippen molar-refractivity contribution < 1.29 is 13.9 Å². The van der Waals surface area contributed by atoms with Gasteiger partial charge in [0.2, 0.25) is 0 Å². The number of nitrogens with zero attached hydrogens (tertiary/aromatic N) is 1. The van der Waals surface area contributed by atoms with E-state index in [1.807, 2.05) is 6.08 Å². The fourth-order valence-corrected chi connectivity index (χ4v) is 5.19. The Morgan fingerprint density at radius 2 is 1.76 bits per heavy atom. The number of ether oxygens (including phenoxy) is 1. The van der Waals surface area contributed by atoms with Gasteiger partial charge >= 0.3 is 5.97 Å². The minimum absolute atomic E-state index is 0.00603. The summed E-state index contributed by atoms with van der Waals surface area (Å²) in [6.45, 7) is 2.24. The minimum atomic E-state index is -0.775. The monoisotopic (exact) mass is 451 g/mol. The number of rotatable bonds is 9. The van der Waals surface area contributed by atoms with Crippen LogP contribution in [0.4, 0.5) is 4.39 Å². The van der Waals surface area contributed by atoms with E-state index in [0.29, 0.717) is 11.8 Å². The van der Waals surface area contributed by atoms with Gasteiger partial charge in [0.15, 0.2) is 5.83 Å². The maximum absolute atomic E-state index is 12.8. The molecule has 0 radical (unpaired) electrons. The molecule has 0 spiro atoms. The molecule has 178 valence electrons. The number of hydrogen-bond donors (Lipinski definition) is 0. The highest BCUT2D eigenvalue weighted by molar-refractivity contribution is 5.72. The number of benzene rings is 1. The van der Waals surface area contributed by atoms with Crippen molar-refractivity contribution in [3.8, 4) is 6.07 Å². The van der Waals surface area contributed by atoms with Crippen LogP contribution in [0.5, 0.6) is 0 Å². The molecule has 33 heavy (non-hydrogen) atoms. The molecular formula is C29H38FNO2. The lowest BCUT2D eigenvalue weighted by molar-refractivity contribution is -0.157. The van der Waals surface area contributed by atoms with E-state index in [4.69, 9.17) is 10.00 Å². The van der Waals surface area contributed by atoms with Crippen molar-refractivity contribution in [3.05, 3.63) is 59.4 Å². The number of aryl methyl sites for hydroxylation is 1. The highest BCUT2D eigenvalue weighted by Gasteiger charge is 2.30. The van der Waals surface area contributed by atoms with Crippen molar-refractivity contribution in [2.24, 2.45) is 11.8 Å². The summed E-state index contributed by atoms with van der Waals surface area (Å²) in [6.07, 6.45) is 17.3. The molecule has 0 aromatic heterocycles. The number of hydrogen-bond acceptors (Lipinski definition) is 3. The SMILES string of the molecule is CCCCCc1ccc([C@H]2CC[C@H](C(=O)OC3CCC(/C=C/C=C(F)C#N)CC3)CC2)cc1. The van der Waals surface area contributed by atoms with Crippen LogP contribution in [0.25, 0.3) is 0 Å². The zero-order chi connectivity index (χ0) is 23.5. The first-order chi connectivity index (χ1) is 16.1. The standard InChI is InChI=1S/C29H38FNO2/c1-2-3-4-6-22-9-13-24(14-10-22)25-15-17-26(18-16-25)29(32)33-28-19-11-23(12-20-28)7-5-8-27(30)21-31/h5,7-10,13-14,23,25-26,28H,2-4,6,11-12,15-20H2,1H3/b7-5+,27-8?/t23?,25-,26-,28?. The lowest BCUT2D eigenvalue weighted by atomic mass is 9.78. The predicted molar refractivity (Wildman–Crippen MR) is 130 cm³/mol. The summed E-state index contributed by atoms with van der Waals surface area (Å²) >= 11 is 0. The second-order valence-corrected chi connectivity index (χ2v) is 9.73. The summed E-state index contributed by atoms with van der Waals surface area (Å²) in [4.78, 5) is 12.7. The van der Waals surface area contributed by atoms with Gasteiger partial charge in [-0.25, -0.2) is 0 Å².